The van der Waals surface area contributed by atoms with E-state index in [4.69, 9.17) is 0 Å². The topological polar surface area (TPSA) is 64.1 Å². The van der Waals surface area contributed by atoms with Crippen LogP contribution in [0.3, 0.4) is 0 Å². The summed E-state index contributed by atoms with van der Waals surface area (Å²) in [5.41, 5.74) is -2.28. The van der Waals surface area contributed by atoms with Gasteiger partial charge in [0, 0.05) is 26.7 Å². The zero-order valence-corrected chi connectivity index (χ0v) is 21.0. The number of hydrogen-bond acceptors (Lipinski definition) is 2. The second kappa shape index (κ2) is 10.2. The van der Waals surface area contributed by atoms with Crippen LogP contribution in [-0.2, 0) is 12.4 Å². The summed E-state index contributed by atoms with van der Waals surface area (Å²) < 4.78 is 95.0. The lowest BCUT2D eigenvalue weighted by atomic mass is 9.95. The molecule has 0 aromatic heterocycles. The van der Waals surface area contributed by atoms with Gasteiger partial charge in [-0.3, -0.25) is 0 Å². The molecular formula is C26H26F7N3O3. The van der Waals surface area contributed by atoms with Crippen molar-refractivity contribution in [1.29, 1.82) is 0 Å². The lowest BCUT2D eigenvalue weighted by Crippen LogP contribution is -2.55. The SMILES string of the molecule is Cc1cc(F)ccc1C1CN(C(=O)O)CCN1C(=O)N(C)C(c1cc(C(F)(F)F)cc(C(F)(F)F)c1)C1CC1. The van der Waals surface area contributed by atoms with Crippen molar-refractivity contribution in [2.24, 2.45) is 5.92 Å². The second-order valence-electron chi connectivity index (χ2n) is 9.95. The lowest BCUT2D eigenvalue weighted by Gasteiger charge is -2.44. The average molecular weight is 561 g/mol. The van der Waals surface area contributed by atoms with Crippen LogP contribution in [0.2, 0.25) is 0 Å². The van der Waals surface area contributed by atoms with Gasteiger partial charge in [0.15, 0.2) is 0 Å². The number of carboxylic acid groups (broad SMARTS) is 1. The number of carbonyl (C=O) groups is 2. The van der Waals surface area contributed by atoms with E-state index < -0.39 is 53.5 Å². The maximum absolute atomic E-state index is 13.8. The van der Waals surface area contributed by atoms with Crippen molar-refractivity contribution in [1.82, 2.24) is 14.7 Å². The van der Waals surface area contributed by atoms with Crippen LogP contribution in [0.25, 0.3) is 0 Å². The number of aryl methyl sites for hydroxylation is 1. The Bertz CT molecular complexity index is 1230. The van der Waals surface area contributed by atoms with Gasteiger partial charge in [-0.2, -0.15) is 26.3 Å². The Morgan fingerprint density at radius 3 is 2.05 bits per heavy atom. The first-order valence-electron chi connectivity index (χ1n) is 12.1. The Morgan fingerprint density at radius 1 is 0.974 bits per heavy atom. The van der Waals surface area contributed by atoms with Gasteiger partial charge in [0.05, 0.1) is 23.2 Å². The van der Waals surface area contributed by atoms with Gasteiger partial charge >= 0.3 is 24.5 Å². The van der Waals surface area contributed by atoms with Crippen LogP contribution in [-0.4, -0.2) is 58.6 Å². The van der Waals surface area contributed by atoms with Gasteiger partial charge in [-0.05, 0) is 72.7 Å². The number of hydrogen-bond donors (Lipinski definition) is 1. The molecule has 0 radical (unpaired) electrons. The molecule has 1 saturated heterocycles. The zero-order chi connectivity index (χ0) is 28.9. The summed E-state index contributed by atoms with van der Waals surface area (Å²) in [5, 5.41) is 9.52. The standard InChI is InChI=1S/C26H26F7N3O3/c1-14-9-19(27)5-6-20(14)21-13-35(24(38)39)7-8-36(21)23(37)34(2)22(15-3-4-15)16-10-17(25(28,29)30)12-18(11-16)26(31,32)33/h5-6,9-12,15,21-22H,3-4,7-8,13H2,1-2H3,(H,38,39). The summed E-state index contributed by atoms with van der Waals surface area (Å²) in [6.07, 6.45) is -10.3. The summed E-state index contributed by atoms with van der Waals surface area (Å²) in [6.45, 7) is 1.32. The van der Waals surface area contributed by atoms with Crippen molar-refractivity contribution in [2.45, 2.75) is 44.2 Å². The summed E-state index contributed by atoms with van der Waals surface area (Å²) in [5.74, 6) is -0.884. The van der Waals surface area contributed by atoms with Gasteiger partial charge in [0.2, 0.25) is 0 Å². The minimum Gasteiger partial charge on any atom is -0.465 e. The van der Waals surface area contributed by atoms with Crippen LogP contribution in [0.5, 0.6) is 0 Å². The molecule has 3 amide bonds. The fourth-order valence-electron chi connectivity index (χ4n) is 5.16. The molecule has 2 aromatic rings. The molecule has 212 valence electrons. The highest BCUT2D eigenvalue weighted by molar-refractivity contribution is 5.76. The molecule has 2 aliphatic rings. The Hall–Kier alpha value is -3.51. The molecule has 4 rings (SSSR count). The molecule has 6 nitrogen and oxygen atoms in total. The summed E-state index contributed by atoms with van der Waals surface area (Å²) in [7, 11) is 1.32. The maximum atomic E-state index is 13.8. The zero-order valence-electron chi connectivity index (χ0n) is 21.0. The van der Waals surface area contributed by atoms with E-state index in [0.29, 0.717) is 36.1 Å². The molecule has 0 spiro atoms. The molecule has 0 bridgehead atoms. The van der Waals surface area contributed by atoms with Gasteiger partial charge < -0.3 is 19.8 Å². The van der Waals surface area contributed by atoms with E-state index >= 15 is 0 Å². The molecule has 1 N–H and O–H groups in total. The molecule has 2 aromatic carbocycles. The van der Waals surface area contributed by atoms with Crippen LogP contribution >= 0.6 is 0 Å². The minimum absolute atomic E-state index is 0.0493. The Kier molecular flexibility index (Phi) is 7.48. The van der Waals surface area contributed by atoms with Crippen molar-refractivity contribution in [2.75, 3.05) is 26.7 Å². The Morgan fingerprint density at radius 2 is 1.56 bits per heavy atom. The number of carbonyl (C=O) groups excluding carboxylic acids is 1. The van der Waals surface area contributed by atoms with E-state index in [9.17, 15) is 45.4 Å². The van der Waals surface area contributed by atoms with E-state index in [-0.39, 0.29) is 37.2 Å². The fourth-order valence-corrected chi connectivity index (χ4v) is 5.16. The smallest absolute Gasteiger partial charge is 0.416 e. The highest BCUT2D eigenvalue weighted by atomic mass is 19.4. The second-order valence-corrected chi connectivity index (χ2v) is 9.95. The van der Waals surface area contributed by atoms with Gasteiger partial charge in [-0.1, -0.05) is 6.07 Å². The highest BCUT2D eigenvalue weighted by Crippen LogP contribution is 2.47. The fraction of sp³-hybridized carbons (Fsp3) is 0.462. The van der Waals surface area contributed by atoms with Crippen LogP contribution in [0.4, 0.5) is 40.3 Å². The number of benzene rings is 2. The summed E-state index contributed by atoms with van der Waals surface area (Å²) >= 11 is 0. The van der Waals surface area contributed by atoms with Crippen molar-refractivity contribution in [3.05, 3.63) is 70.0 Å². The van der Waals surface area contributed by atoms with Gasteiger partial charge in [-0.25, -0.2) is 14.0 Å². The third-order valence-corrected chi connectivity index (χ3v) is 7.23. The largest absolute Gasteiger partial charge is 0.465 e. The van der Waals surface area contributed by atoms with Crippen LogP contribution in [0.1, 0.15) is 52.7 Å². The Balaban J connectivity index is 1.73. The van der Waals surface area contributed by atoms with E-state index in [0.717, 1.165) is 9.80 Å². The lowest BCUT2D eigenvalue weighted by molar-refractivity contribution is -0.143. The average Bonchev–Trinajstić information content (AvgIpc) is 3.67. The third kappa shape index (κ3) is 6.06. The molecule has 13 heteroatoms. The molecule has 1 aliphatic carbocycles. The first-order chi connectivity index (χ1) is 18.1. The van der Waals surface area contributed by atoms with Crippen molar-refractivity contribution in [3.63, 3.8) is 0 Å². The predicted octanol–water partition coefficient (Wildman–Crippen LogP) is 6.71. The van der Waals surface area contributed by atoms with Crippen LogP contribution < -0.4 is 0 Å². The predicted molar refractivity (Wildman–Crippen MR) is 125 cm³/mol. The van der Waals surface area contributed by atoms with Crippen LogP contribution in [0, 0.1) is 18.7 Å². The number of halogens is 7. The normalized spacial score (nSPS) is 19.2. The first-order valence-corrected chi connectivity index (χ1v) is 12.1. The van der Waals surface area contributed by atoms with E-state index in [1.54, 1.807) is 6.92 Å². The number of piperazine rings is 1. The van der Waals surface area contributed by atoms with Gasteiger partial charge in [0.25, 0.3) is 0 Å². The minimum atomic E-state index is -5.04. The van der Waals surface area contributed by atoms with Crippen molar-refractivity contribution >= 4 is 12.1 Å². The van der Waals surface area contributed by atoms with E-state index in [1.807, 2.05) is 0 Å². The molecule has 2 atom stereocenters. The number of urea groups is 1. The molecule has 2 unspecified atom stereocenters. The molecule has 39 heavy (non-hydrogen) atoms. The quantitative estimate of drug-likeness (QED) is 0.422. The molecule has 2 fully saturated rings. The van der Waals surface area contributed by atoms with E-state index in [1.165, 1.54) is 30.1 Å². The number of alkyl halides is 6. The molecular weight excluding hydrogens is 535 g/mol. The monoisotopic (exact) mass is 561 g/mol. The number of nitrogens with zero attached hydrogens (tertiary/aromatic N) is 3. The number of rotatable bonds is 4. The summed E-state index contributed by atoms with van der Waals surface area (Å²) in [6, 6.07) is 2.56. The first kappa shape index (κ1) is 28.5. The van der Waals surface area contributed by atoms with Crippen molar-refractivity contribution < 1.29 is 45.4 Å². The maximum Gasteiger partial charge on any atom is 0.416 e. The molecule has 1 heterocycles. The molecule has 1 saturated carbocycles. The summed E-state index contributed by atoms with van der Waals surface area (Å²) in [4.78, 5) is 29.1. The third-order valence-electron chi connectivity index (χ3n) is 7.23. The highest BCUT2D eigenvalue weighted by Gasteiger charge is 2.44. The van der Waals surface area contributed by atoms with Crippen LogP contribution in [0.15, 0.2) is 36.4 Å². The Labute approximate surface area is 219 Å². The molecule has 1 aliphatic heterocycles. The van der Waals surface area contributed by atoms with Crippen molar-refractivity contribution in [3.8, 4) is 0 Å². The van der Waals surface area contributed by atoms with Gasteiger partial charge in [-0.15, -0.1) is 0 Å². The number of amides is 3. The van der Waals surface area contributed by atoms with Gasteiger partial charge in [0.1, 0.15) is 5.82 Å². The van der Waals surface area contributed by atoms with E-state index in [2.05, 4.69) is 0 Å².